The summed E-state index contributed by atoms with van der Waals surface area (Å²) in [5.74, 6) is -0.170. The van der Waals surface area contributed by atoms with Crippen LogP contribution < -0.4 is 10.9 Å². The number of aromatic amines is 1. The van der Waals surface area contributed by atoms with Crippen LogP contribution in [0, 0.1) is 0 Å². The standard InChI is InChI=1S/C13H20N4O2.ClH/c1-3-9-10(4-2)15-16-12(18)11(9)13(19)17-7-5-14-6-8-17;/h14H,3-8H2,1-2H3,(H,16,18);1H. The second-order valence-corrected chi connectivity index (χ2v) is 4.60. The van der Waals surface area contributed by atoms with Gasteiger partial charge in [-0.1, -0.05) is 13.8 Å². The Morgan fingerprint density at radius 2 is 1.90 bits per heavy atom. The number of nitrogens with one attached hydrogen (secondary N) is 2. The van der Waals surface area contributed by atoms with Crippen LogP contribution >= 0.6 is 12.4 Å². The molecule has 1 fully saturated rings. The molecule has 0 spiro atoms. The molecule has 1 aromatic rings. The Morgan fingerprint density at radius 3 is 2.45 bits per heavy atom. The largest absolute Gasteiger partial charge is 0.336 e. The van der Waals surface area contributed by atoms with E-state index in [0.717, 1.165) is 24.3 Å². The number of aromatic nitrogens is 2. The molecule has 6 nitrogen and oxygen atoms in total. The second kappa shape index (κ2) is 7.40. The van der Waals surface area contributed by atoms with Gasteiger partial charge in [0.15, 0.2) is 0 Å². The van der Waals surface area contributed by atoms with Crippen LogP contribution in [0.1, 0.15) is 35.5 Å². The molecule has 0 unspecified atom stereocenters. The molecule has 1 amide bonds. The maximum absolute atomic E-state index is 12.5. The van der Waals surface area contributed by atoms with E-state index in [-0.39, 0.29) is 29.4 Å². The van der Waals surface area contributed by atoms with Crippen molar-refractivity contribution in [3.05, 3.63) is 27.2 Å². The molecule has 0 bridgehead atoms. The van der Waals surface area contributed by atoms with Crippen molar-refractivity contribution in [2.45, 2.75) is 26.7 Å². The monoisotopic (exact) mass is 300 g/mol. The molecule has 2 rings (SSSR count). The van der Waals surface area contributed by atoms with Gasteiger partial charge >= 0.3 is 0 Å². The van der Waals surface area contributed by atoms with Crippen molar-refractivity contribution in [1.29, 1.82) is 0 Å². The Kier molecular flexibility index (Phi) is 6.16. The minimum Gasteiger partial charge on any atom is -0.336 e. The summed E-state index contributed by atoms with van der Waals surface area (Å²) < 4.78 is 0. The molecule has 2 heterocycles. The number of halogens is 1. The number of carbonyl (C=O) groups is 1. The number of piperazine rings is 1. The van der Waals surface area contributed by atoms with Crippen molar-refractivity contribution in [3.63, 3.8) is 0 Å². The Hall–Kier alpha value is -1.40. The van der Waals surface area contributed by atoms with Crippen LogP contribution in [0.2, 0.25) is 0 Å². The van der Waals surface area contributed by atoms with Gasteiger partial charge in [0, 0.05) is 26.2 Å². The van der Waals surface area contributed by atoms with Crippen LogP contribution in [0.15, 0.2) is 4.79 Å². The predicted octanol–water partition coefficient (Wildman–Crippen LogP) is 0.362. The summed E-state index contributed by atoms with van der Waals surface area (Å²) in [6.07, 6.45) is 1.36. The number of rotatable bonds is 3. The van der Waals surface area contributed by atoms with E-state index in [2.05, 4.69) is 15.5 Å². The molecule has 1 saturated heterocycles. The summed E-state index contributed by atoms with van der Waals surface area (Å²) in [6, 6.07) is 0. The maximum atomic E-state index is 12.5. The Bertz CT molecular complexity index is 524. The zero-order valence-electron chi connectivity index (χ0n) is 11.9. The number of nitrogens with zero attached hydrogens (tertiary/aromatic N) is 2. The van der Waals surface area contributed by atoms with Gasteiger partial charge in [0.25, 0.3) is 11.5 Å². The lowest BCUT2D eigenvalue weighted by Crippen LogP contribution is -2.48. The minimum absolute atomic E-state index is 0. The maximum Gasteiger partial charge on any atom is 0.277 e. The van der Waals surface area contributed by atoms with Crippen molar-refractivity contribution in [3.8, 4) is 0 Å². The highest BCUT2D eigenvalue weighted by Gasteiger charge is 2.24. The summed E-state index contributed by atoms with van der Waals surface area (Å²) in [4.78, 5) is 26.2. The molecule has 1 aromatic heterocycles. The number of hydrogen-bond donors (Lipinski definition) is 2. The molecule has 0 aliphatic carbocycles. The van der Waals surface area contributed by atoms with Gasteiger partial charge in [-0.05, 0) is 18.4 Å². The van der Waals surface area contributed by atoms with Crippen LogP contribution in [0.4, 0.5) is 0 Å². The first-order valence-corrected chi connectivity index (χ1v) is 6.79. The lowest BCUT2D eigenvalue weighted by atomic mass is 10.0. The SMILES string of the molecule is CCc1n[nH]c(=O)c(C(=O)N2CCNCC2)c1CC.Cl. The van der Waals surface area contributed by atoms with Crippen molar-refractivity contribution in [2.75, 3.05) is 26.2 Å². The zero-order valence-corrected chi connectivity index (χ0v) is 12.7. The summed E-state index contributed by atoms with van der Waals surface area (Å²) in [5.41, 5.74) is 1.49. The van der Waals surface area contributed by atoms with E-state index in [0.29, 0.717) is 25.9 Å². The van der Waals surface area contributed by atoms with Gasteiger partial charge in [-0.2, -0.15) is 5.10 Å². The molecule has 0 radical (unpaired) electrons. The third kappa shape index (κ3) is 3.19. The number of hydrogen-bond acceptors (Lipinski definition) is 4. The van der Waals surface area contributed by atoms with E-state index in [1.165, 1.54) is 0 Å². The third-order valence-corrected chi connectivity index (χ3v) is 3.48. The molecule has 112 valence electrons. The minimum atomic E-state index is -0.377. The fourth-order valence-corrected chi connectivity index (χ4v) is 2.45. The molecule has 1 aliphatic rings. The fraction of sp³-hybridized carbons (Fsp3) is 0.615. The van der Waals surface area contributed by atoms with Crippen LogP contribution in [0.25, 0.3) is 0 Å². The number of carbonyl (C=O) groups excluding carboxylic acids is 1. The molecule has 0 aromatic carbocycles. The first kappa shape index (κ1) is 16.7. The first-order chi connectivity index (χ1) is 9.19. The molecule has 1 aliphatic heterocycles. The number of aryl methyl sites for hydroxylation is 1. The number of amides is 1. The normalized spacial score (nSPS) is 14.8. The molecule has 0 saturated carbocycles. The van der Waals surface area contributed by atoms with Gasteiger partial charge in [-0.15, -0.1) is 12.4 Å². The van der Waals surface area contributed by atoms with E-state index in [9.17, 15) is 9.59 Å². The average Bonchev–Trinajstić information content (AvgIpc) is 2.47. The second-order valence-electron chi connectivity index (χ2n) is 4.60. The highest BCUT2D eigenvalue weighted by atomic mass is 35.5. The lowest BCUT2D eigenvalue weighted by molar-refractivity contribution is 0.0732. The van der Waals surface area contributed by atoms with E-state index in [4.69, 9.17) is 0 Å². The summed E-state index contributed by atoms with van der Waals surface area (Å²) >= 11 is 0. The summed E-state index contributed by atoms with van der Waals surface area (Å²) in [5, 5.41) is 9.68. The Labute approximate surface area is 124 Å². The lowest BCUT2D eigenvalue weighted by Gasteiger charge is -2.28. The van der Waals surface area contributed by atoms with Crippen LogP contribution in [-0.4, -0.2) is 47.2 Å². The Balaban J connectivity index is 0.00000200. The van der Waals surface area contributed by atoms with Crippen molar-refractivity contribution in [1.82, 2.24) is 20.4 Å². The van der Waals surface area contributed by atoms with Gasteiger partial charge in [0.1, 0.15) is 5.56 Å². The number of H-pyrrole nitrogens is 1. The smallest absolute Gasteiger partial charge is 0.277 e. The highest BCUT2D eigenvalue weighted by molar-refractivity contribution is 5.95. The van der Waals surface area contributed by atoms with Crippen molar-refractivity contribution >= 4 is 18.3 Å². The highest BCUT2D eigenvalue weighted by Crippen LogP contribution is 2.12. The van der Waals surface area contributed by atoms with Gasteiger partial charge in [0.2, 0.25) is 0 Å². The van der Waals surface area contributed by atoms with Gasteiger partial charge in [-0.25, -0.2) is 5.10 Å². The average molecular weight is 301 g/mol. The Morgan fingerprint density at radius 1 is 1.25 bits per heavy atom. The molecular weight excluding hydrogens is 280 g/mol. The van der Waals surface area contributed by atoms with Gasteiger partial charge < -0.3 is 10.2 Å². The molecule has 2 N–H and O–H groups in total. The van der Waals surface area contributed by atoms with Crippen LogP contribution in [0.3, 0.4) is 0 Å². The molecule has 20 heavy (non-hydrogen) atoms. The quantitative estimate of drug-likeness (QED) is 0.845. The molecule has 7 heteroatoms. The van der Waals surface area contributed by atoms with E-state index < -0.39 is 0 Å². The van der Waals surface area contributed by atoms with Gasteiger partial charge in [0.05, 0.1) is 5.69 Å². The first-order valence-electron chi connectivity index (χ1n) is 6.79. The summed E-state index contributed by atoms with van der Waals surface area (Å²) in [7, 11) is 0. The predicted molar refractivity (Wildman–Crippen MR) is 79.6 cm³/mol. The van der Waals surface area contributed by atoms with Crippen molar-refractivity contribution < 1.29 is 4.79 Å². The van der Waals surface area contributed by atoms with Crippen molar-refractivity contribution in [2.24, 2.45) is 0 Å². The van der Waals surface area contributed by atoms with Crippen LogP contribution in [-0.2, 0) is 12.8 Å². The van der Waals surface area contributed by atoms with Crippen LogP contribution in [0.5, 0.6) is 0 Å². The van der Waals surface area contributed by atoms with E-state index >= 15 is 0 Å². The van der Waals surface area contributed by atoms with E-state index in [1.807, 2.05) is 13.8 Å². The summed E-state index contributed by atoms with van der Waals surface area (Å²) in [6.45, 7) is 6.76. The van der Waals surface area contributed by atoms with E-state index in [1.54, 1.807) is 4.90 Å². The molecule has 0 atom stereocenters. The van der Waals surface area contributed by atoms with Gasteiger partial charge in [-0.3, -0.25) is 9.59 Å². The fourth-order valence-electron chi connectivity index (χ4n) is 2.45. The topological polar surface area (TPSA) is 78.1 Å². The zero-order chi connectivity index (χ0) is 13.8. The molecular formula is C13H21ClN4O2. The third-order valence-electron chi connectivity index (χ3n) is 3.48.